The normalized spacial score (nSPS) is 12.3. The van der Waals surface area contributed by atoms with Crippen LogP contribution in [-0.4, -0.2) is 28.6 Å². The zero-order valence-electron chi connectivity index (χ0n) is 20.8. The molecule has 3 aromatic rings. The number of anilines is 3. The molecule has 0 saturated carbocycles. The van der Waals surface area contributed by atoms with Gasteiger partial charge >= 0.3 is 0 Å². The Morgan fingerprint density at radius 3 is 2.31 bits per heavy atom. The number of rotatable bonds is 11. The molecule has 0 bridgehead atoms. The molecule has 7 heteroatoms. The smallest absolute Gasteiger partial charge is 0.240 e. The van der Waals surface area contributed by atoms with Crippen molar-refractivity contribution in [1.82, 2.24) is 4.72 Å². The van der Waals surface area contributed by atoms with Crippen LogP contribution < -0.4 is 19.7 Å². The number of hydrogen-bond donors (Lipinski definition) is 2. The molecule has 0 aliphatic carbocycles. The largest absolute Gasteiger partial charge is 0.453 e. The van der Waals surface area contributed by atoms with Gasteiger partial charge in [0.05, 0.1) is 16.3 Å². The summed E-state index contributed by atoms with van der Waals surface area (Å²) in [7, 11) is -2.13. The fraction of sp³-hybridized carbons (Fsp3) is 0.357. The molecule has 0 spiro atoms. The number of hydrogen-bond acceptors (Lipinski definition) is 5. The number of nitrogens with one attached hydrogen (secondary N) is 2. The number of ether oxygens (including phenoxy) is 1. The van der Waals surface area contributed by atoms with Crippen molar-refractivity contribution in [2.24, 2.45) is 0 Å². The van der Waals surface area contributed by atoms with E-state index in [0.29, 0.717) is 11.5 Å². The van der Waals surface area contributed by atoms with Crippen molar-refractivity contribution in [3.05, 3.63) is 71.8 Å². The van der Waals surface area contributed by atoms with Crippen LogP contribution in [0.2, 0.25) is 0 Å². The number of fused-ring (bicyclic) bond motifs is 2. The highest BCUT2D eigenvalue weighted by molar-refractivity contribution is 7.89. The Hall–Kier alpha value is -3.03. The van der Waals surface area contributed by atoms with Crippen LogP contribution in [0.15, 0.2) is 65.6 Å². The quantitative estimate of drug-likeness (QED) is 0.252. The zero-order chi connectivity index (χ0) is 24.8. The Bertz CT molecular complexity index is 1270. The lowest BCUT2D eigenvalue weighted by molar-refractivity contribution is 0.479. The van der Waals surface area contributed by atoms with E-state index in [1.54, 1.807) is 18.2 Å². The SMILES string of the molecule is CCCCN(CCCC)c1cccc(Cc2ccc3c(c2)Nc2ccc(S(=O)(=O)NC)cc2O3)c1. The lowest BCUT2D eigenvalue weighted by Gasteiger charge is -2.25. The first kappa shape index (κ1) is 25.1. The summed E-state index contributed by atoms with van der Waals surface area (Å²) < 4.78 is 32.6. The van der Waals surface area contributed by atoms with E-state index in [1.807, 2.05) is 6.07 Å². The van der Waals surface area contributed by atoms with Crippen molar-refractivity contribution in [1.29, 1.82) is 0 Å². The van der Waals surface area contributed by atoms with Crippen LogP contribution in [0.4, 0.5) is 17.1 Å². The van der Waals surface area contributed by atoms with Gasteiger partial charge in [0.1, 0.15) is 0 Å². The van der Waals surface area contributed by atoms with Gasteiger partial charge in [-0.2, -0.15) is 0 Å². The number of nitrogens with zero attached hydrogens (tertiary/aromatic N) is 1. The maximum absolute atomic E-state index is 12.1. The predicted molar refractivity (Wildman–Crippen MR) is 144 cm³/mol. The molecule has 0 fully saturated rings. The van der Waals surface area contributed by atoms with Gasteiger partial charge < -0.3 is 15.0 Å². The first-order valence-corrected chi connectivity index (χ1v) is 13.9. The molecule has 3 aromatic carbocycles. The molecule has 186 valence electrons. The van der Waals surface area contributed by atoms with E-state index in [4.69, 9.17) is 4.74 Å². The molecule has 0 aromatic heterocycles. The van der Waals surface area contributed by atoms with Crippen molar-refractivity contribution >= 4 is 27.1 Å². The molecule has 1 aliphatic rings. The van der Waals surface area contributed by atoms with Crippen LogP contribution in [0, 0.1) is 0 Å². The second-order valence-corrected chi connectivity index (χ2v) is 10.9. The van der Waals surface area contributed by atoms with E-state index in [2.05, 4.69) is 65.2 Å². The van der Waals surface area contributed by atoms with Gasteiger partial charge in [-0.1, -0.05) is 44.9 Å². The van der Waals surface area contributed by atoms with Crippen molar-refractivity contribution in [3.8, 4) is 11.5 Å². The topological polar surface area (TPSA) is 70.7 Å². The molecular formula is C28H35N3O3S. The lowest BCUT2D eigenvalue weighted by atomic mass is 10.0. The molecule has 0 radical (unpaired) electrons. The van der Waals surface area contributed by atoms with E-state index < -0.39 is 10.0 Å². The van der Waals surface area contributed by atoms with Crippen molar-refractivity contribution in [2.45, 2.75) is 50.8 Å². The lowest BCUT2D eigenvalue weighted by Crippen LogP contribution is -2.25. The van der Waals surface area contributed by atoms with Crippen LogP contribution in [0.5, 0.6) is 11.5 Å². The van der Waals surface area contributed by atoms with Crippen LogP contribution in [-0.2, 0) is 16.4 Å². The summed E-state index contributed by atoms with van der Waals surface area (Å²) >= 11 is 0. The van der Waals surface area contributed by atoms with Crippen LogP contribution in [0.1, 0.15) is 50.7 Å². The van der Waals surface area contributed by atoms with E-state index in [1.165, 1.54) is 49.5 Å². The first-order valence-electron chi connectivity index (χ1n) is 12.4. The van der Waals surface area contributed by atoms with E-state index in [-0.39, 0.29) is 4.90 Å². The summed E-state index contributed by atoms with van der Waals surface area (Å²) in [5.74, 6) is 1.17. The van der Waals surface area contributed by atoms with Gasteiger partial charge in [0.25, 0.3) is 0 Å². The molecule has 1 aliphatic heterocycles. The predicted octanol–water partition coefficient (Wildman–Crippen LogP) is 6.44. The zero-order valence-corrected chi connectivity index (χ0v) is 21.6. The molecule has 6 nitrogen and oxygen atoms in total. The fourth-order valence-corrected chi connectivity index (χ4v) is 5.02. The minimum atomic E-state index is -3.53. The summed E-state index contributed by atoms with van der Waals surface area (Å²) in [6, 6.07) is 19.8. The summed E-state index contributed by atoms with van der Waals surface area (Å²) in [5, 5.41) is 3.39. The minimum absolute atomic E-state index is 0.174. The van der Waals surface area contributed by atoms with Gasteiger partial charge in [-0.05, 0) is 73.8 Å². The molecule has 0 saturated heterocycles. The molecule has 4 rings (SSSR count). The minimum Gasteiger partial charge on any atom is -0.453 e. The molecule has 35 heavy (non-hydrogen) atoms. The third-order valence-electron chi connectivity index (χ3n) is 6.31. The van der Waals surface area contributed by atoms with Crippen LogP contribution in [0.25, 0.3) is 0 Å². The first-order chi connectivity index (χ1) is 16.9. The third-order valence-corrected chi connectivity index (χ3v) is 7.72. The van der Waals surface area contributed by atoms with Crippen molar-refractivity contribution in [3.63, 3.8) is 0 Å². The molecule has 0 atom stereocenters. The van der Waals surface area contributed by atoms with Crippen molar-refractivity contribution in [2.75, 3.05) is 30.4 Å². The summed E-state index contributed by atoms with van der Waals surface area (Å²) in [4.78, 5) is 2.69. The second kappa shape index (κ2) is 11.1. The maximum atomic E-state index is 12.1. The third kappa shape index (κ3) is 5.97. The summed E-state index contributed by atoms with van der Waals surface area (Å²) in [5.41, 5.74) is 5.38. The van der Waals surface area contributed by atoms with E-state index in [0.717, 1.165) is 30.9 Å². The van der Waals surface area contributed by atoms with Gasteiger partial charge in [0.15, 0.2) is 11.5 Å². The van der Waals surface area contributed by atoms with Gasteiger partial charge in [0, 0.05) is 24.8 Å². The van der Waals surface area contributed by atoms with Gasteiger partial charge in [-0.25, -0.2) is 13.1 Å². The number of unbranched alkanes of at least 4 members (excludes halogenated alkanes) is 2. The fourth-order valence-electron chi connectivity index (χ4n) is 4.28. The Morgan fingerprint density at radius 2 is 1.60 bits per heavy atom. The number of sulfonamides is 1. The van der Waals surface area contributed by atoms with Crippen LogP contribution >= 0.6 is 0 Å². The number of benzene rings is 3. The van der Waals surface area contributed by atoms with Gasteiger partial charge in [-0.3, -0.25) is 0 Å². The van der Waals surface area contributed by atoms with Crippen LogP contribution in [0.3, 0.4) is 0 Å². The molecular weight excluding hydrogens is 458 g/mol. The Morgan fingerprint density at radius 1 is 0.857 bits per heavy atom. The highest BCUT2D eigenvalue weighted by Crippen LogP contribution is 2.43. The summed E-state index contributed by atoms with van der Waals surface area (Å²) in [6.45, 7) is 6.67. The van der Waals surface area contributed by atoms with Gasteiger partial charge in [0.2, 0.25) is 10.0 Å². The van der Waals surface area contributed by atoms with Gasteiger partial charge in [-0.15, -0.1) is 0 Å². The highest BCUT2D eigenvalue weighted by atomic mass is 32.2. The maximum Gasteiger partial charge on any atom is 0.240 e. The Balaban J connectivity index is 1.51. The molecule has 2 N–H and O–H groups in total. The van der Waals surface area contributed by atoms with Crippen molar-refractivity contribution < 1.29 is 13.2 Å². The standard InChI is InChI=1S/C28H35N3O3S/c1-4-6-15-31(16-7-5-2)23-10-8-9-21(18-23)17-22-11-14-27-26(19-22)30-25-13-12-24(20-28(25)34-27)35(32,33)29-3/h8-14,18-20,29-30H,4-7,15-17H2,1-3H3. The highest BCUT2D eigenvalue weighted by Gasteiger charge is 2.20. The molecule has 0 amide bonds. The monoisotopic (exact) mass is 493 g/mol. The second-order valence-electron chi connectivity index (χ2n) is 8.96. The average molecular weight is 494 g/mol. The molecule has 0 unspecified atom stereocenters. The Labute approximate surface area is 209 Å². The van der Waals surface area contributed by atoms with E-state index in [9.17, 15) is 8.42 Å². The summed E-state index contributed by atoms with van der Waals surface area (Å²) in [6.07, 6.45) is 5.62. The Kier molecular flexibility index (Phi) is 7.98. The van der Waals surface area contributed by atoms with E-state index >= 15 is 0 Å². The molecule has 1 heterocycles. The average Bonchev–Trinajstić information content (AvgIpc) is 2.87.